The molecule has 0 radical (unpaired) electrons. The van der Waals surface area contributed by atoms with Crippen molar-refractivity contribution in [2.75, 3.05) is 13.7 Å². The number of carbonyl (C=O) groups is 1. The Balaban J connectivity index is 1.83. The molecule has 5 nitrogen and oxygen atoms in total. The lowest BCUT2D eigenvalue weighted by atomic mass is 9.99. The summed E-state index contributed by atoms with van der Waals surface area (Å²) in [5, 5.41) is 14.0. The van der Waals surface area contributed by atoms with Crippen molar-refractivity contribution in [1.29, 1.82) is 0 Å². The van der Waals surface area contributed by atoms with Gasteiger partial charge in [0.2, 0.25) is 0 Å². The van der Waals surface area contributed by atoms with Crippen LogP contribution in [0.4, 0.5) is 0 Å². The Kier molecular flexibility index (Phi) is 5.38. The zero-order chi connectivity index (χ0) is 18.7. The van der Waals surface area contributed by atoms with Gasteiger partial charge < -0.3 is 14.8 Å². The van der Waals surface area contributed by atoms with Crippen molar-refractivity contribution in [3.8, 4) is 11.1 Å². The quantitative estimate of drug-likeness (QED) is 0.859. The van der Waals surface area contributed by atoms with Crippen molar-refractivity contribution in [1.82, 2.24) is 4.90 Å². The summed E-state index contributed by atoms with van der Waals surface area (Å²) in [4.78, 5) is 19.4. The van der Waals surface area contributed by atoms with Gasteiger partial charge in [-0.2, -0.15) is 0 Å². The average Bonchev–Trinajstić information content (AvgIpc) is 3.06. The Morgan fingerprint density at radius 2 is 1.92 bits per heavy atom. The monoisotopic (exact) mass is 352 g/mol. The highest BCUT2D eigenvalue weighted by Crippen LogP contribution is 2.25. The molecule has 1 aliphatic heterocycles. The Bertz CT molecular complexity index is 812. The number of hydrogen-bond donors (Lipinski definition) is 1. The fourth-order valence-corrected chi connectivity index (χ4v) is 3.43. The molecule has 0 spiro atoms. The summed E-state index contributed by atoms with van der Waals surface area (Å²) in [6, 6.07) is 15.5. The van der Waals surface area contributed by atoms with E-state index in [-0.39, 0.29) is 11.9 Å². The molecule has 1 amide bonds. The van der Waals surface area contributed by atoms with Crippen LogP contribution in [0.2, 0.25) is 0 Å². The predicted octanol–water partition coefficient (Wildman–Crippen LogP) is 3.26. The summed E-state index contributed by atoms with van der Waals surface area (Å²) in [6.45, 7) is 4.15. The maximum absolute atomic E-state index is 12.9. The Morgan fingerprint density at radius 3 is 2.54 bits per heavy atom. The van der Waals surface area contributed by atoms with Crippen LogP contribution in [0, 0.1) is 6.92 Å². The number of rotatable bonds is 4. The standard InChI is InChI=1S/C21H24N2O3/c1-14-6-4-5-7-19(14)16-8-10-17(11-9-16)21(25)23-13-18(22-26-3)12-20(23)15(2)24/h4-11,15,20,24H,12-13H2,1-3H3. The van der Waals surface area contributed by atoms with Crippen LogP contribution in [-0.2, 0) is 4.84 Å². The fourth-order valence-electron chi connectivity index (χ4n) is 3.43. The number of aliphatic hydroxyl groups excluding tert-OH is 1. The minimum Gasteiger partial charge on any atom is -0.399 e. The fraction of sp³-hybridized carbons (Fsp3) is 0.333. The van der Waals surface area contributed by atoms with E-state index in [2.05, 4.69) is 24.2 Å². The topological polar surface area (TPSA) is 62.1 Å². The molecule has 0 bridgehead atoms. The molecule has 2 aromatic rings. The molecule has 2 aromatic carbocycles. The van der Waals surface area contributed by atoms with Crippen LogP contribution in [-0.4, -0.2) is 47.4 Å². The lowest BCUT2D eigenvalue weighted by molar-refractivity contribution is 0.0538. The summed E-state index contributed by atoms with van der Waals surface area (Å²) in [5.41, 5.74) is 4.80. The third-order valence-electron chi connectivity index (χ3n) is 4.82. The van der Waals surface area contributed by atoms with E-state index in [0.29, 0.717) is 18.5 Å². The summed E-state index contributed by atoms with van der Waals surface area (Å²) >= 11 is 0. The Morgan fingerprint density at radius 1 is 1.23 bits per heavy atom. The molecular formula is C21H24N2O3. The van der Waals surface area contributed by atoms with Crippen molar-refractivity contribution in [2.45, 2.75) is 32.4 Å². The van der Waals surface area contributed by atoms with Crippen molar-refractivity contribution >= 4 is 11.6 Å². The molecule has 1 N–H and O–H groups in total. The molecule has 2 unspecified atom stereocenters. The van der Waals surface area contributed by atoms with Gasteiger partial charge in [-0.1, -0.05) is 41.6 Å². The Hall–Kier alpha value is -2.66. The summed E-state index contributed by atoms with van der Waals surface area (Å²) in [6.07, 6.45) is -0.104. The van der Waals surface area contributed by atoms with Crippen LogP contribution < -0.4 is 0 Å². The minimum absolute atomic E-state index is 0.103. The van der Waals surface area contributed by atoms with Gasteiger partial charge in [0.1, 0.15) is 7.11 Å². The zero-order valence-corrected chi connectivity index (χ0v) is 15.3. The van der Waals surface area contributed by atoms with Gasteiger partial charge in [0.25, 0.3) is 5.91 Å². The maximum atomic E-state index is 12.9. The molecule has 0 saturated carbocycles. The normalized spacial score (nSPS) is 19.6. The third kappa shape index (κ3) is 3.63. The first-order chi connectivity index (χ1) is 12.5. The van der Waals surface area contributed by atoms with Gasteiger partial charge in [0, 0.05) is 12.0 Å². The molecular weight excluding hydrogens is 328 g/mol. The number of benzene rings is 2. The van der Waals surface area contributed by atoms with Crippen molar-refractivity contribution < 1.29 is 14.7 Å². The second-order valence-electron chi connectivity index (χ2n) is 6.68. The van der Waals surface area contributed by atoms with Crippen molar-refractivity contribution in [3.05, 3.63) is 59.7 Å². The van der Waals surface area contributed by atoms with E-state index in [1.807, 2.05) is 36.4 Å². The summed E-state index contributed by atoms with van der Waals surface area (Å²) in [5.74, 6) is -0.103. The van der Waals surface area contributed by atoms with E-state index in [0.717, 1.165) is 16.8 Å². The van der Waals surface area contributed by atoms with Crippen LogP contribution in [0.15, 0.2) is 53.7 Å². The first-order valence-electron chi connectivity index (χ1n) is 8.75. The number of nitrogens with zero attached hydrogens (tertiary/aromatic N) is 2. The van der Waals surface area contributed by atoms with E-state index in [9.17, 15) is 9.90 Å². The zero-order valence-electron chi connectivity index (χ0n) is 15.3. The molecule has 0 aliphatic carbocycles. The van der Waals surface area contributed by atoms with Gasteiger partial charge in [-0.05, 0) is 42.7 Å². The SMILES string of the molecule is CON=C1CC(C(C)O)N(C(=O)c2ccc(-c3ccccc3C)cc2)C1. The number of aliphatic hydroxyl groups is 1. The van der Waals surface area contributed by atoms with Gasteiger partial charge in [-0.3, -0.25) is 4.79 Å². The molecule has 5 heteroatoms. The molecule has 1 fully saturated rings. The predicted molar refractivity (Wildman–Crippen MR) is 102 cm³/mol. The van der Waals surface area contributed by atoms with E-state index < -0.39 is 6.10 Å². The maximum Gasteiger partial charge on any atom is 0.254 e. The molecule has 0 aromatic heterocycles. The number of oxime groups is 1. The molecule has 136 valence electrons. The number of carbonyl (C=O) groups excluding carboxylic acids is 1. The molecule has 1 aliphatic rings. The summed E-state index contributed by atoms with van der Waals surface area (Å²) < 4.78 is 0. The van der Waals surface area contributed by atoms with Gasteiger partial charge in [0.05, 0.1) is 24.4 Å². The van der Waals surface area contributed by atoms with E-state index in [4.69, 9.17) is 4.84 Å². The number of hydrogen-bond acceptors (Lipinski definition) is 4. The Labute approximate surface area is 153 Å². The second kappa shape index (κ2) is 7.70. The van der Waals surface area contributed by atoms with Gasteiger partial charge in [-0.25, -0.2) is 0 Å². The molecule has 1 heterocycles. The van der Waals surface area contributed by atoms with Gasteiger partial charge >= 0.3 is 0 Å². The highest BCUT2D eigenvalue weighted by atomic mass is 16.6. The van der Waals surface area contributed by atoms with Crippen LogP contribution in [0.5, 0.6) is 0 Å². The van der Waals surface area contributed by atoms with Crippen molar-refractivity contribution in [2.24, 2.45) is 5.16 Å². The highest BCUT2D eigenvalue weighted by Gasteiger charge is 2.36. The highest BCUT2D eigenvalue weighted by molar-refractivity contribution is 6.00. The van der Waals surface area contributed by atoms with Crippen LogP contribution in [0.25, 0.3) is 11.1 Å². The second-order valence-corrected chi connectivity index (χ2v) is 6.68. The molecule has 26 heavy (non-hydrogen) atoms. The number of likely N-dealkylation sites (tertiary alicyclic amines) is 1. The third-order valence-corrected chi connectivity index (χ3v) is 4.82. The van der Waals surface area contributed by atoms with Gasteiger partial charge in [-0.15, -0.1) is 0 Å². The first-order valence-corrected chi connectivity index (χ1v) is 8.75. The molecule has 3 rings (SSSR count). The summed E-state index contributed by atoms with van der Waals surface area (Å²) in [7, 11) is 1.49. The average molecular weight is 352 g/mol. The van der Waals surface area contributed by atoms with Crippen LogP contribution >= 0.6 is 0 Å². The largest absolute Gasteiger partial charge is 0.399 e. The smallest absolute Gasteiger partial charge is 0.254 e. The van der Waals surface area contributed by atoms with Crippen LogP contribution in [0.3, 0.4) is 0 Å². The van der Waals surface area contributed by atoms with Crippen molar-refractivity contribution in [3.63, 3.8) is 0 Å². The number of aryl methyl sites for hydroxylation is 1. The molecule has 2 atom stereocenters. The van der Waals surface area contributed by atoms with Gasteiger partial charge in [0.15, 0.2) is 0 Å². The van der Waals surface area contributed by atoms with E-state index in [1.54, 1.807) is 11.8 Å². The lowest BCUT2D eigenvalue weighted by Crippen LogP contribution is -2.41. The number of amides is 1. The van der Waals surface area contributed by atoms with Crippen LogP contribution in [0.1, 0.15) is 29.3 Å². The minimum atomic E-state index is -0.630. The molecule has 1 saturated heterocycles. The van der Waals surface area contributed by atoms with E-state index >= 15 is 0 Å². The first kappa shape index (κ1) is 18.1. The lowest BCUT2D eigenvalue weighted by Gasteiger charge is -2.26. The van der Waals surface area contributed by atoms with E-state index in [1.165, 1.54) is 12.7 Å².